The first-order valence-electron chi connectivity index (χ1n) is 2.87. The third kappa shape index (κ3) is 2.35. The van der Waals surface area contributed by atoms with Gasteiger partial charge in [0.15, 0.2) is 0 Å². The van der Waals surface area contributed by atoms with Crippen molar-refractivity contribution in [2.75, 3.05) is 6.61 Å². The van der Waals surface area contributed by atoms with E-state index in [0.717, 1.165) is 6.42 Å². The van der Waals surface area contributed by atoms with Crippen molar-refractivity contribution in [3.8, 4) is 0 Å². The molecule has 0 bridgehead atoms. The molecule has 0 aromatic heterocycles. The van der Waals surface area contributed by atoms with Crippen LogP contribution in [0.2, 0.25) is 0 Å². The smallest absolute Gasteiger partial charge is 0.0494 e. The number of aliphatic hydroxyl groups is 1. The van der Waals surface area contributed by atoms with Crippen molar-refractivity contribution in [1.82, 2.24) is 0 Å². The van der Waals surface area contributed by atoms with E-state index in [1.165, 1.54) is 0 Å². The van der Waals surface area contributed by atoms with E-state index in [2.05, 4.69) is 0 Å². The average molecular weight is 150 g/mol. The van der Waals surface area contributed by atoms with Gasteiger partial charge in [-0.3, -0.25) is 0 Å². The Bertz CT molecular complexity index is 105. The van der Waals surface area contributed by atoms with Crippen molar-refractivity contribution in [1.29, 1.82) is 0 Å². The summed E-state index contributed by atoms with van der Waals surface area (Å²) in [5, 5.41) is 8.58. The van der Waals surface area contributed by atoms with Crippen LogP contribution in [0, 0.1) is 5.92 Å². The highest BCUT2D eigenvalue weighted by Gasteiger charge is 2.13. The number of nitrogens with two attached hydrogens (primary N) is 1. The summed E-state index contributed by atoms with van der Waals surface area (Å²) in [6.07, 6.45) is 4.84. The van der Waals surface area contributed by atoms with Gasteiger partial charge in [0.25, 0.3) is 0 Å². The first-order valence-corrected chi connectivity index (χ1v) is 2.87. The lowest BCUT2D eigenvalue weighted by Gasteiger charge is -2.02. The molecule has 2 nitrogen and oxygen atoms in total. The maximum atomic E-state index is 8.58. The van der Waals surface area contributed by atoms with Crippen LogP contribution in [-0.2, 0) is 0 Å². The molecule has 0 saturated heterocycles. The highest BCUT2D eigenvalue weighted by Crippen LogP contribution is 2.14. The van der Waals surface area contributed by atoms with Gasteiger partial charge < -0.3 is 10.8 Å². The molecular formula is C6H12ClNO. The van der Waals surface area contributed by atoms with Crippen LogP contribution in [0.4, 0.5) is 0 Å². The summed E-state index contributed by atoms with van der Waals surface area (Å²) in [6.45, 7) is 0.240. The Morgan fingerprint density at radius 2 is 2.22 bits per heavy atom. The number of hydrogen-bond donors (Lipinski definition) is 2. The van der Waals surface area contributed by atoms with E-state index in [0.29, 0.717) is 5.92 Å². The minimum absolute atomic E-state index is 0. The predicted molar refractivity (Wildman–Crippen MR) is 39.6 cm³/mol. The summed E-state index contributed by atoms with van der Waals surface area (Å²) in [5.41, 5.74) is 5.50. The summed E-state index contributed by atoms with van der Waals surface area (Å²) in [4.78, 5) is 0. The highest BCUT2D eigenvalue weighted by atomic mass is 35.5. The Balaban J connectivity index is 0.000000640. The molecule has 0 aromatic carbocycles. The zero-order valence-electron chi connectivity index (χ0n) is 5.16. The van der Waals surface area contributed by atoms with Crippen molar-refractivity contribution in [3.05, 3.63) is 12.2 Å². The van der Waals surface area contributed by atoms with Crippen LogP contribution in [0.5, 0.6) is 0 Å². The molecule has 9 heavy (non-hydrogen) atoms. The van der Waals surface area contributed by atoms with Crippen LogP contribution in [-0.4, -0.2) is 17.8 Å². The second-order valence-electron chi connectivity index (χ2n) is 2.23. The molecule has 0 aromatic rings. The Hall–Kier alpha value is -0.0500. The van der Waals surface area contributed by atoms with Gasteiger partial charge in [0.05, 0.1) is 0 Å². The third-order valence-corrected chi connectivity index (χ3v) is 1.44. The molecule has 0 aliphatic heterocycles. The quantitative estimate of drug-likeness (QED) is 0.527. The highest BCUT2D eigenvalue weighted by molar-refractivity contribution is 5.85. The van der Waals surface area contributed by atoms with E-state index < -0.39 is 0 Å². The van der Waals surface area contributed by atoms with Crippen LogP contribution >= 0.6 is 12.4 Å². The normalized spacial score (nSPS) is 32.2. The Kier molecular flexibility index (Phi) is 3.86. The molecule has 1 aliphatic carbocycles. The monoisotopic (exact) mass is 149 g/mol. The van der Waals surface area contributed by atoms with Crippen molar-refractivity contribution in [2.45, 2.75) is 12.5 Å². The van der Waals surface area contributed by atoms with Crippen LogP contribution < -0.4 is 5.73 Å². The average Bonchev–Trinajstić information content (AvgIpc) is 2.14. The van der Waals surface area contributed by atoms with Gasteiger partial charge in [0.1, 0.15) is 0 Å². The standard InChI is InChI=1S/C6H11NO.ClH/c7-6-2-1-5(3-6)4-8;/h1-2,5-6,8H,3-4,7H2;1H/t5-,6-;/m1./s1. The molecule has 3 N–H and O–H groups in total. The molecule has 0 spiro atoms. The molecular weight excluding hydrogens is 138 g/mol. The lowest BCUT2D eigenvalue weighted by Crippen LogP contribution is -2.15. The number of halogens is 1. The SMILES string of the molecule is Cl.N[C@@H]1C=C[C@@H](CO)C1. The van der Waals surface area contributed by atoms with Crippen LogP contribution in [0.25, 0.3) is 0 Å². The number of aliphatic hydroxyl groups excluding tert-OH is 1. The van der Waals surface area contributed by atoms with Crippen LogP contribution in [0.1, 0.15) is 6.42 Å². The van der Waals surface area contributed by atoms with E-state index in [1.807, 2.05) is 12.2 Å². The summed E-state index contributed by atoms with van der Waals surface area (Å²) in [5.74, 6) is 0.324. The van der Waals surface area contributed by atoms with Gasteiger partial charge in [-0.25, -0.2) is 0 Å². The summed E-state index contributed by atoms with van der Waals surface area (Å²) < 4.78 is 0. The summed E-state index contributed by atoms with van der Waals surface area (Å²) in [7, 11) is 0. The summed E-state index contributed by atoms with van der Waals surface area (Å²) >= 11 is 0. The Morgan fingerprint density at radius 1 is 1.56 bits per heavy atom. The van der Waals surface area contributed by atoms with E-state index >= 15 is 0 Å². The van der Waals surface area contributed by atoms with Gasteiger partial charge in [-0.05, 0) is 6.42 Å². The lowest BCUT2D eigenvalue weighted by molar-refractivity contribution is 0.249. The molecule has 1 aliphatic rings. The Labute approximate surface area is 61.2 Å². The van der Waals surface area contributed by atoms with Gasteiger partial charge in [0.2, 0.25) is 0 Å². The molecule has 0 unspecified atom stereocenters. The largest absolute Gasteiger partial charge is 0.396 e. The second-order valence-corrected chi connectivity index (χ2v) is 2.23. The van der Waals surface area contributed by atoms with E-state index in [-0.39, 0.29) is 25.1 Å². The van der Waals surface area contributed by atoms with E-state index in [1.54, 1.807) is 0 Å². The number of hydrogen-bond acceptors (Lipinski definition) is 2. The molecule has 0 fully saturated rings. The predicted octanol–water partition coefficient (Wildman–Crippen LogP) is 0.304. The van der Waals surface area contributed by atoms with E-state index in [9.17, 15) is 0 Å². The molecule has 3 heteroatoms. The minimum Gasteiger partial charge on any atom is -0.396 e. The van der Waals surface area contributed by atoms with Gasteiger partial charge in [-0.15, -0.1) is 12.4 Å². The summed E-state index contributed by atoms with van der Waals surface area (Å²) in [6, 6.07) is 0.187. The van der Waals surface area contributed by atoms with Gasteiger partial charge in [-0.2, -0.15) is 0 Å². The fourth-order valence-electron chi connectivity index (χ4n) is 0.942. The molecule has 0 heterocycles. The van der Waals surface area contributed by atoms with Gasteiger partial charge in [0, 0.05) is 18.6 Å². The molecule has 0 amide bonds. The molecule has 0 saturated carbocycles. The molecule has 2 atom stereocenters. The lowest BCUT2D eigenvalue weighted by atomic mass is 10.1. The van der Waals surface area contributed by atoms with Gasteiger partial charge >= 0.3 is 0 Å². The van der Waals surface area contributed by atoms with E-state index in [4.69, 9.17) is 10.8 Å². The minimum atomic E-state index is 0. The van der Waals surface area contributed by atoms with Crippen LogP contribution in [0.3, 0.4) is 0 Å². The maximum absolute atomic E-state index is 8.58. The Morgan fingerprint density at radius 3 is 2.44 bits per heavy atom. The zero-order valence-corrected chi connectivity index (χ0v) is 5.97. The van der Waals surface area contributed by atoms with Crippen molar-refractivity contribution in [3.63, 3.8) is 0 Å². The number of rotatable bonds is 1. The van der Waals surface area contributed by atoms with Crippen LogP contribution in [0.15, 0.2) is 12.2 Å². The first-order chi connectivity index (χ1) is 3.83. The topological polar surface area (TPSA) is 46.2 Å². The third-order valence-electron chi connectivity index (χ3n) is 1.44. The maximum Gasteiger partial charge on any atom is 0.0494 e. The first kappa shape index (κ1) is 8.95. The van der Waals surface area contributed by atoms with Gasteiger partial charge in [-0.1, -0.05) is 12.2 Å². The fourth-order valence-corrected chi connectivity index (χ4v) is 0.942. The zero-order chi connectivity index (χ0) is 5.98. The van der Waals surface area contributed by atoms with Crippen molar-refractivity contribution < 1.29 is 5.11 Å². The fraction of sp³-hybridized carbons (Fsp3) is 0.667. The van der Waals surface area contributed by atoms with Crippen molar-refractivity contribution >= 4 is 12.4 Å². The van der Waals surface area contributed by atoms with Crippen molar-refractivity contribution in [2.24, 2.45) is 11.7 Å². The molecule has 54 valence electrons. The molecule has 0 radical (unpaired) electrons. The molecule has 1 rings (SSSR count). The second kappa shape index (κ2) is 3.88.